The number of anilines is 1. The van der Waals surface area contributed by atoms with Crippen molar-refractivity contribution in [2.45, 2.75) is 20.8 Å². The summed E-state index contributed by atoms with van der Waals surface area (Å²) in [7, 11) is 0. The van der Waals surface area contributed by atoms with Crippen molar-refractivity contribution in [2.24, 2.45) is 5.10 Å². The number of halogens is 1. The predicted molar refractivity (Wildman–Crippen MR) is 78.8 cm³/mol. The second-order valence-corrected chi connectivity index (χ2v) is 4.74. The highest BCUT2D eigenvalue weighted by molar-refractivity contribution is 6.29. The minimum absolute atomic E-state index is 0.361. The Morgan fingerprint density at radius 1 is 1.11 bits per heavy atom. The Balaban J connectivity index is 2.14. The zero-order chi connectivity index (χ0) is 13.8. The third kappa shape index (κ3) is 3.51. The summed E-state index contributed by atoms with van der Waals surface area (Å²) in [6.07, 6.45) is 0. The van der Waals surface area contributed by atoms with Crippen LogP contribution in [0.2, 0.25) is 5.15 Å². The van der Waals surface area contributed by atoms with E-state index in [1.54, 1.807) is 12.1 Å². The van der Waals surface area contributed by atoms with Gasteiger partial charge in [-0.1, -0.05) is 23.7 Å². The summed E-state index contributed by atoms with van der Waals surface area (Å²) in [5.74, 6) is 0.563. The van der Waals surface area contributed by atoms with Crippen molar-refractivity contribution in [3.63, 3.8) is 0 Å². The number of aromatic nitrogens is 2. The Morgan fingerprint density at radius 3 is 2.53 bits per heavy atom. The molecule has 98 valence electrons. The smallest absolute Gasteiger partial charge is 0.168 e. The maximum atomic E-state index is 5.67. The van der Waals surface area contributed by atoms with Crippen LogP contribution in [0.3, 0.4) is 0 Å². The Hall–Kier alpha value is -1.94. The fraction of sp³-hybridized carbons (Fsp3) is 0.214. The van der Waals surface area contributed by atoms with Gasteiger partial charge in [-0.05, 0) is 55.7 Å². The molecule has 0 aliphatic carbocycles. The number of aryl methyl sites for hydroxylation is 2. The van der Waals surface area contributed by atoms with Crippen molar-refractivity contribution in [1.29, 1.82) is 0 Å². The molecule has 1 heterocycles. The zero-order valence-corrected chi connectivity index (χ0v) is 11.9. The molecule has 0 bridgehead atoms. The number of benzene rings is 1. The quantitative estimate of drug-likeness (QED) is 0.687. The topological polar surface area (TPSA) is 50.2 Å². The van der Waals surface area contributed by atoms with Gasteiger partial charge in [-0.3, -0.25) is 5.43 Å². The van der Waals surface area contributed by atoms with E-state index in [-0.39, 0.29) is 0 Å². The zero-order valence-electron chi connectivity index (χ0n) is 11.1. The molecule has 0 spiro atoms. The predicted octanol–water partition coefficient (Wildman–Crippen LogP) is 3.58. The van der Waals surface area contributed by atoms with Gasteiger partial charge in [0.1, 0.15) is 0 Å². The van der Waals surface area contributed by atoms with Crippen LogP contribution >= 0.6 is 11.6 Å². The fourth-order valence-corrected chi connectivity index (χ4v) is 1.65. The number of nitrogens with one attached hydrogen (secondary N) is 1. The van der Waals surface area contributed by atoms with E-state index in [0.29, 0.717) is 11.0 Å². The highest BCUT2D eigenvalue weighted by Crippen LogP contribution is 2.11. The van der Waals surface area contributed by atoms with Crippen LogP contribution in [0, 0.1) is 13.8 Å². The first-order valence-corrected chi connectivity index (χ1v) is 6.31. The van der Waals surface area contributed by atoms with Crippen LogP contribution in [0.25, 0.3) is 0 Å². The lowest BCUT2D eigenvalue weighted by Gasteiger charge is -2.05. The third-order valence-corrected chi connectivity index (χ3v) is 3.10. The van der Waals surface area contributed by atoms with Crippen LogP contribution in [-0.2, 0) is 0 Å². The molecular formula is C14H15ClN4. The van der Waals surface area contributed by atoms with Gasteiger partial charge in [-0.15, -0.1) is 10.2 Å². The summed E-state index contributed by atoms with van der Waals surface area (Å²) in [5.41, 5.74) is 7.35. The Labute approximate surface area is 117 Å². The molecule has 19 heavy (non-hydrogen) atoms. The van der Waals surface area contributed by atoms with Crippen LogP contribution in [-0.4, -0.2) is 15.9 Å². The van der Waals surface area contributed by atoms with Gasteiger partial charge >= 0.3 is 0 Å². The Kier molecular flexibility index (Phi) is 4.12. The van der Waals surface area contributed by atoms with E-state index >= 15 is 0 Å². The minimum Gasteiger partial charge on any atom is -0.260 e. The van der Waals surface area contributed by atoms with E-state index in [4.69, 9.17) is 11.6 Å². The molecule has 1 aromatic carbocycles. The molecule has 2 aromatic rings. The van der Waals surface area contributed by atoms with Gasteiger partial charge in [0.15, 0.2) is 11.0 Å². The summed E-state index contributed by atoms with van der Waals surface area (Å²) < 4.78 is 0. The SMILES string of the molecule is C/C(=N\Nc1ccc(Cl)nn1)c1ccc(C)c(C)c1. The molecule has 1 aromatic heterocycles. The average Bonchev–Trinajstić information content (AvgIpc) is 2.41. The molecule has 1 N–H and O–H groups in total. The van der Waals surface area contributed by atoms with E-state index in [2.05, 4.69) is 52.8 Å². The van der Waals surface area contributed by atoms with E-state index < -0.39 is 0 Å². The van der Waals surface area contributed by atoms with Gasteiger partial charge in [-0.2, -0.15) is 5.10 Å². The molecule has 0 aliphatic heterocycles. The van der Waals surface area contributed by atoms with Crippen LogP contribution in [0.5, 0.6) is 0 Å². The summed E-state index contributed by atoms with van der Waals surface area (Å²) in [6, 6.07) is 9.65. The lowest BCUT2D eigenvalue weighted by Crippen LogP contribution is -2.02. The molecule has 0 fully saturated rings. The second kappa shape index (κ2) is 5.80. The summed E-state index contributed by atoms with van der Waals surface area (Å²) >= 11 is 5.67. The number of nitrogens with zero attached hydrogens (tertiary/aromatic N) is 3. The molecule has 2 rings (SSSR count). The summed E-state index contributed by atoms with van der Waals surface area (Å²) in [5, 5.41) is 12.3. The molecule has 5 heteroatoms. The lowest BCUT2D eigenvalue weighted by molar-refractivity contribution is 1.02. The minimum atomic E-state index is 0.361. The first kappa shape index (κ1) is 13.5. The number of hydrogen-bond donors (Lipinski definition) is 1. The summed E-state index contributed by atoms with van der Waals surface area (Å²) in [6.45, 7) is 6.12. The van der Waals surface area contributed by atoms with Crippen molar-refractivity contribution < 1.29 is 0 Å². The maximum Gasteiger partial charge on any atom is 0.168 e. The largest absolute Gasteiger partial charge is 0.260 e. The van der Waals surface area contributed by atoms with E-state index in [1.165, 1.54) is 11.1 Å². The second-order valence-electron chi connectivity index (χ2n) is 4.35. The Morgan fingerprint density at radius 2 is 1.89 bits per heavy atom. The molecular weight excluding hydrogens is 260 g/mol. The van der Waals surface area contributed by atoms with Crippen LogP contribution in [0.4, 0.5) is 5.82 Å². The summed E-state index contributed by atoms with van der Waals surface area (Å²) in [4.78, 5) is 0. The number of hydrazone groups is 1. The monoisotopic (exact) mass is 274 g/mol. The molecule has 0 radical (unpaired) electrons. The first-order valence-electron chi connectivity index (χ1n) is 5.93. The van der Waals surface area contributed by atoms with Gasteiger partial charge in [0.2, 0.25) is 0 Å². The molecule has 0 unspecified atom stereocenters. The molecule has 4 nitrogen and oxygen atoms in total. The average molecular weight is 275 g/mol. The maximum absolute atomic E-state index is 5.67. The van der Waals surface area contributed by atoms with Crippen molar-refractivity contribution in [3.05, 3.63) is 52.2 Å². The van der Waals surface area contributed by atoms with E-state index in [1.807, 2.05) is 6.92 Å². The van der Waals surface area contributed by atoms with Gasteiger partial charge in [0, 0.05) is 0 Å². The number of hydrogen-bond acceptors (Lipinski definition) is 4. The van der Waals surface area contributed by atoms with Gasteiger partial charge in [0.25, 0.3) is 0 Å². The molecule has 0 saturated heterocycles. The molecule has 0 aliphatic rings. The molecule has 0 amide bonds. The van der Waals surface area contributed by atoms with Gasteiger partial charge < -0.3 is 0 Å². The van der Waals surface area contributed by atoms with Gasteiger partial charge in [-0.25, -0.2) is 0 Å². The highest BCUT2D eigenvalue weighted by Gasteiger charge is 2.00. The van der Waals surface area contributed by atoms with E-state index in [9.17, 15) is 0 Å². The van der Waals surface area contributed by atoms with Crippen molar-refractivity contribution in [3.8, 4) is 0 Å². The highest BCUT2D eigenvalue weighted by atomic mass is 35.5. The molecule has 0 atom stereocenters. The Bertz CT molecular complexity index is 605. The van der Waals surface area contributed by atoms with Crippen molar-refractivity contribution >= 4 is 23.1 Å². The normalized spacial score (nSPS) is 11.5. The fourth-order valence-electron chi connectivity index (χ4n) is 1.55. The lowest BCUT2D eigenvalue weighted by atomic mass is 10.0. The van der Waals surface area contributed by atoms with Crippen LogP contribution in [0.1, 0.15) is 23.6 Å². The third-order valence-electron chi connectivity index (χ3n) is 2.89. The van der Waals surface area contributed by atoms with Crippen LogP contribution in [0.15, 0.2) is 35.4 Å². The first-order chi connectivity index (χ1) is 9.06. The number of rotatable bonds is 3. The van der Waals surface area contributed by atoms with Crippen molar-refractivity contribution in [2.75, 3.05) is 5.43 Å². The van der Waals surface area contributed by atoms with E-state index in [0.717, 1.165) is 11.3 Å². The molecule has 0 saturated carbocycles. The van der Waals surface area contributed by atoms with Gasteiger partial charge in [0.05, 0.1) is 5.71 Å². The standard InChI is InChI=1S/C14H15ClN4/c1-9-4-5-12(8-10(9)2)11(3)16-18-14-7-6-13(15)17-19-14/h4-8H,1-3H3,(H,18,19)/b16-11+. The van der Waals surface area contributed by atoms with Crippen LogP contribution < -0.4 is 5.43 Å². The van der Waals surface area contributed by atoms with Crippen molar-refractivity contribution in [1.82, 2.24) is 10.2 Å².